The maximum absolute atomic E-state index is 13.2. The van der Waals surface area contributed by atoms with Gasteiger partial charge in [-0.15, -0.1) is 23.1 Å². The van der Waals surface area contributed by atoms with Crippen LogP contribution in [0.25, 0.3) is 10.2 Å². The number of amides is 1. The molecule has 162 valence electrons. The number of nitrogens with one attached hydrogen (secondary N) is 1. The minimum atomic E-state index is -0.231. The molecule has 2 aliphatic rings. The van der Waals surface area contributed by atoms with Gasteiger partial charge >= 0.3 is 0 Å². The molecule has 1 aromatic carbocycles. The second-order valence-electron chi connectivity index (χ2n) is 8.36. The Kier molecular flexibility index (Phi) is 6.29. The maximum Gasteiger partial charge on any atom is 0.267 e. The minimum Gasteiger partial charge on any atom is -0.321 e. The average molecular weight is 460 g/mol. The Morgan fingerprint density at radius 2 is 1.94 bits per heavy atom. The Bertz CT molecular complexity index is 1220. The van der Waals surface area contributed by atoms with Crippen LogP contribution < -0.4 is 5.32 Å². The van der Waals surface area contributed by atoms with E-state index in [2.05, 4.69) is 22.9 Å². The summed E-state index contributed by atoms with van der Waals surface area (Å²) in [5.74, 6) is -0.231. The van der Waals surface area contributed by atoms with E-state index in [0.717, 1.165) is 54.4 Å². The highest BCUT2D eigenvalue weighted by Crippen LogP contribution is 2.46. The van der Waals surface area contributed by atoms with Crippen molar-refractivity contribution in [2.45, 2.75) is 56.6 Å². The molecule has 1 amide bonds. The lowest BCUT2D eigenvalue weighted by Gasteiger charge is -2.25. The molecular formula is C26H25N3OS2. The van der Waals surface area contributed by atoms with Crippen LogP contribution in [0.4, 0.5) is 5.69 Å². The Morgan fingerprint density at radius 1 is 1.12 bits per heavy atom. The molecule has 3 heterocycles. The first-order chi connectivity index (χ1) is 15.8. The monoisotopic (exact) mass is 459 g/mol. The van der Waals surface area contributed by atoms with Gasteiger partial charge in [0.25, 0.3) is 5.91 Å². The van der Waals surface area contributed by atoms with E-state index >= 15 is 0 Å². The molecule has 0 saturated heterocycles. The molecule has 1 aliphatic carbocycles. The van der Waals surface area contributed by atoms with Crippen molar-refractivity contribution >= 4 is 44.9 Å². The Labute approximate surface area is 196 Å². The van der Waals surface area contributed by atoms with Gasteiger partial charge in [0.1, 0.15) is 15.8 Å². The fraction of sp³-hybridized carbons (Fsp3) is 0.346. The molecule has 4 nitrogen and oxygen atoms in total. The van der Waals surface area contributed by atoms with Crippen LogP contribution in [0.15, 0.2) is 41.8 Å². The highest BCUT2D eigenvalue weighted by Gasteiger charge is 2.29. The van der Waals surface area contributed by atoms with E-state index in [-0.39, 0.29) is 5.91 Å². The van der Waals surface area contributed by atoms with Crippen molar-refractivity contribution in [3.63, 3.8) is 0 Å². The summed E-state index contributed by atoms with van der Waals surface area (Å²) in [6.07, 6.45) is 11.1. The van der Waals surface area contributed by atoms with E-state index in [1.165, 1.54) is 41.0 Å². The lowest BCUT2D eigenvalue weighted by atomic mass is 9.88. The van der Waals surface area contributed by atoms with Crippen LogP contribution in [0, 0.1) is 11.3 Å². The van der Waals surface area contributed by atoms with Gasteiger partial charge in [-0.05, 0) is 67.2 Å². The lowest BCUT2D eigenvalue weighted by molar-refractivity contribution is 0.103. The Hall–Kier alpha value is -2.62. The first kappa shape index (κ1) is 21.2. The van der Waals surface area contributed by atoms with Crippen LogP contribution >= 0.6 is 23.1 Å². The normalized spacial score (nSPS) is 18.4. The van der Waals surface area contributed by atoms with Crippen molar-refractivity contribution in [1.29, 1.82) is 5.26 Å². The van der Waals surface area contributed by atoms with Gasteiger partial charge in [-0.3, -0.25) is 4.79 Å². The SMILES string of the molecule is N#Cc1c(C(=O)Nc2ccccc2)sc2nc3c(c(C4CCC=CS4)c12)CCCCCC3. The van der Waals surface area contributed by atoms with Gasteiger partial charge in [0, 0.05) is 22.0 Å². The number of aromatic nitrogens is 1. The highest BCUT2D eigenvalue weighted by atomic mass is 32.2. The Morgan fingerprint density at radius 3 is 2.69 bits per heavy atom. The van der Waals surface area contributed by atoms with Crippen molar-refractivity contribution in [3.8, 4) is 6.07 Å². The van der Waals surface area contributed by atoms with E-state index in [1.807, 2.05) is 42.1 Å². The molecule has 2 aromatic heterocycles. The zero-order valence-corrected chi connectivity index (χ0v) is 19.5. The van der Waals surface area contributed by atoms with Gasteiger partial charge in [0.05, 0.1) is 5.56 Å². The molecule has 3 aromatic rings. The largest absolute Gasteiger partial charge is 0.321 e. The van der Waals surface area contributed by atoms with Crippen molar-refractivity contribution < 1.29 is 4.79 Å². The summed E-state index contributed by atoms with van der Waals surface area (Å²) in [5.41, 5.74) is 5.01. The molecule has 0 bridgehead atoms. The van der Waals surface area contributed by atoms with E-state index < -0.39 is 0 Å². The first-order valence-corrected chi connectivity index (χ1v) is 13.1. The quantitative estimate of drug-likeness (QED) is 0.451. The molecule has 1 atom stereocenters. The third-order valence-electron chi connectivity index (χ3n) is 6.27. The molecule has 0 saturated carbocycles. The van der Waals surface area contributed by atoms with Crippen molar-refractivity contribution in [3.05, 3.63) is 69.1 Å². The van der Waals surface area contributed by atoms with Gasteiger partial charge in [-0.2, -0.15) is 5.26 Å². The Balaban J connectivity index is 1.69. The number of nitrogens with zero attached hydrogens (tertiary/aromatic N) is 2. The zero-order chi connectivity index (χ0) is 21.9. The van der Waals surface area contributed by atoms with E-state index in [0.29, 0.717) is 15.7 Å². The third-order valence-corrected chi connectivity index (χ3v) is 8.50. The molecule has 1 aliphatic heterocycles. The number of fused-ring (bicyclic) bond motifs is 2. The van der Waals surface area contributed by atoms with Crippen molar-refractivity contribution in [2.24, 2.45) is 0 Å². The molecule has 6 heteroatoms. The van der Waals surface area contributed by atoms with E-state index in [1.54, 1.807) is 0 Å². The number of para-hydroxylation sites is 1. The number of pyridine rings is 1. The summed E-state index contributed by atoms with van der Waals surface area (Å²) in [6, 6.07) is 11.8. The number of thioether (sulfide) groups is 1. The van der Waals surface area contributed by atoms with E-state index in [9.17, 15) is 10.1 Å². The highest BCUT2D eigenvalue weighted by molar-refractivity contribution is 8.02. The van der Waals surface area contributed by atoms with Crippen LogP contribution in [-0.4, -0.2) is 10.9 Å². The smallest absolute Gasteiger partial charge is 0.267 e. The number of nitriles is 1. The third kappa shape index (κ3) is 4.07. The predicted molar refractivity (Wildman–Crippen MR) is 133 cm³/mol. The summed E-state index contributed by atoms with van der Waals surface area (Å²) >= 11 is 3.21. The second kappa shape index (κ2) is 9.48. The minimum absolute atomic E-state index is 0.231. The summed E-state index contributed by atoms with van der Waals surface area (Å²) in [7, 11) is 0. The summed E-state index contributed by atoms with van der Waals surface area (Å²) in [6.45, 7) is 0. The van der Waals surface area contributed by atoms with E-state index in [4.69, 9.17) is 4.98 Å². The van der Waals surface area contributed by atoms with Gasteiger partial charge in [-0.1, -0.05) is 37.1 Å². The topological polar surface area (TPSA) is 65.8 Å². The number of allylic oxidation sites excluding steroid dienone is 1. The first-order valence-electron chi connectivity index (χ1n) is 11.3. The number of rotatable bonds is 3. The van der Waals surface area contributed by atoms with Crippen LogP contribution in [0.3, 0.4) is 0 Å². The van der Waals surface area contributed by atoms with Crippen molar-refractivity contribution in [2.75, 3.05) is 5.32 Å². The molecule has 0 spiro atoms. The molecule has 0 fully saturated rings. The molecule has 5 rings (SSSR count). The number of hydrogen-bond donors (Lipinski definition) is 1. The maximum atomic E-state index is 13.2. The molecule has 32 heavy (non-hydrogen) atoms. The molecule has 1 unspecified atom stereocenters. The summed E-state index contributed by atoms with van der Waals surface area (Å²) < 4.78 is 0. The average Bonchev–Trinajstić information content (AvgIpc) is 3.18. The summed E-state index contributed by atoms with van der Waals surface area (Å²) in [4.78, 5) is 19.5. The van der Waals surface area contributed by atoms with Gasteiger partial charge in [0.15, 0.2) is 0 Å². The lowest BCUT2D eigenvalue weighted by Crippen LogP contribution is -2.12. The van der Waals surface area contributed by atoms with Gasteiger partial charge in [-0.25, -0.2) is 4.98 Å². The predicted octanol–water partition coefficient (Wildman–Crippen LogP) is 7.16. The molecule has 1 N–H and O–H groups in total. The van der Waals surface area contributed by atoms with Gasteiger partial charge < -0.3 is 5.32 Å². The molecular weight excluding hydrogens is 434 g/mol. The second-order valence-corrected chi connectivity index (χ2v) is 10.5. The number of thiophene rings is 1. The number of hydrogen-bond acceptors (Lipinski definition) is 5. The summed E-state index contributed by atoms with van der Waals surface area (Å²) in [5, 5.41) is 16.6. The number of carbonyl (C=O) groups is 1. The number of carbonyl (C=O) groups excluding carboxylic acids is 1. The van der Waals surface area contributed by atoms with Gasteiger partial charge in [0.2, 0.25) is 0 Å². The van der Waals surface area contributed by atoms with Crippen LogP contribution in [-0.2, 0) is 12.8 Å². The molecule has 0 radical (unpaired) electrons. The fourth-order valence-electron chi connectivity index (χ4n) is 4.76. The fourth-order valence-corrected chi connectivity index (χ4v) is 6.92. The number of anilines is 1. The van der Waals surface area contributed by atoms with Crippen molar-refractivity contribution in [1.82, 2.24) is 4.98 Å². The zero-order valence-electron chi connectivity index (χ0n) is 17.9. The number of benzene rings is 1. The van der Waals surface area contributed by atoms with Crippen LogP contribution in [0.2, 0.25) is 0 Å². The number of aryl methyl sites for hydroxylation is 1. The van der Waals surface area contributed by atoms with Crippen LogP contribution in [0.1, 0.15) is 75.8 Å². The van der Waals surface area contributed by atoms with Crippen LogP contribution in [0.5, 0.6) is 0 Å². The standard InChI is InChI=1S/C26H25N3OS2/c27-16-19-23-22(21-14-8-9-15-31-21)18-12-6-1-2-7-13-20(18)29-26(23)32-24(19)25(30)28-17-10-4-3-5-11-17/h3-5,9-11,15,21H,1-2,6-8,12-14H2,(H,28,30).